The molecule has 100 valence electrons. The molecule has 0 bridgehead atoms. The average molecular weight is 251 g/mol. The fraction of sp³-hybridized carbons (Fsp3) is 0.692. The third-order valence-corrected chi connectivity index (χ3v) is 2.88. The molecule has 0 unspecified atom stereocenters. The van der Waals surface area contributed by atoms with Gasteiger partial charge in [-0.3, -0.25) is 4.68 Å². The van der Waals surface area contributed by atoms with Gasteiger partial charge in [0.05, 0.1) is 17.8 Å². The molecule has 0 amide bonds. The second kappa shape index (κ2) is 5.10. The molecular weight excluding hydrogens is 230 g/mol. The summed E-state index contributed by atoms with van der Waals surface area (Å²) in [5.41, 5.74) is 0.0569. The number of esters is 1. The number of carbonyl (C=O) groups excluding carboxylic acids is 1. The molecule has 1 aromatic heterocycles. The van der Waals surface area contributed by atoms with E-state index in [9.17, 15) is 4.79 Å². The van der Waals surface area contributed by atoms with E-state index >= 15 is 0 Å². The highest BCUT2D eigenvalue weighted by atomic mass is 16.6. The molecule has 5 heteroatoms. The predicted octanol–water partition coefficient (Wildman–Crippen LogP) is 1.76. The van der Waals surface area contributed by atoms with Crippen molar-refractivity contribution in [2.24, 2.45) is 0 Å². The van der Waals surface area contributed by atoms with E-state index in [1.54, 1.807) is 12.4 Å². The molecule has 1 atom stereocenters. The molecule has 1 saturated heterocycles. The molecule has 2 heterocycles. The van der Waals surface area contributed by atoms with Gasteiger partial charge >= 0.3 is 5.97 Å². The van der Waals surface area contributed by atoms with Crippen LogP contribution in [0.2, 0.25) is 0 Å². The Hall–Kier alpha value is -1.36. The zero-order valence-corrected chi connectivity index (χ0v) is 11.3. The highest BCUT2D eigenvalue weighted by molar-refractivity contribution is 5.89. The zero-order valence-electron chi connectivity index (χ0n) is 11.3. The Morgan fingerprint density at radius 1 is 1.56 bits per heavy atom. The summed E-state index contributed by atoms with van der Waals surface area (Å²) in [5, 5.41) is 7.60. The smallest absolute Gasteiger partial charge is 0.341 e. The average Bonchev–Trinajstić information content (AvgIpc) is 2.77. The summed E-state index contributed by atoms with van der Waals surface area (Å²) in [6.45, 7) is 7.56. The summed E-state index contributed by atoms with van der Waals surface area (Å²) >= 11 is 0. The van der Waals surface area contributed by atoms with Gasteiger partial charge in [0, 0.05) is 12.7 Å². The van der Waals surface area contributed by atoms with E-state index in [-0.39, 0.29) is 5.97 Å². The van der Waals surface area contributed by atoms with Crippen molar-refractivity contribution in [3.63, 3.8) is 0 Å². The molecule has 18 heavy (non-hydrogen) atoms. The van der Waals surface area contributed by atoms with Crippen molar-refractivity contribution < 1.29 is 9.53 Å². The van der Waals surface area contributed by atoms with Crippen LogP contribution in [0.3, 0.4) is 0 Å². The third kappa shape index (κ3) is 3.32. The molecule has 0 saturated carbocycles. The Labute approximate surface area is 108 Å². The van der Waals surface area contributed by atoms with E-state index < -0.39 is 5.60 Å². The maximum Gasteiger partial charge on any atom is 0.341 e. The molecule has 0 aromatic carbocycles. The number of rotatable bonds is 2. The number of nitrogens with one attached hydrogen (secondary N) is 1. The molecule has 0 aliphatic carbocycles. The van der Waals surface area contributed by atoms with Gasteiger partial charge in [0.15, 0.2) is 0 Å². The largest absolute Gasteiger partial charge is 0.456 e. The molecule has 1 N–H and O–H groups in total. The van der Waals surface area contributed by atoms with E-state index in [0.717, 1.165) is 25.9 Å². The molecule has 0 spiro atoms. The number of nitrogens with zero attached hydrogens (tertiary/aromatic N) is 2. The lowest BCUT2D eigenvalue weighted by molar-refractivity contribution is 0.00694. The van der Waals surface area contributed by atoms with Crippen LogP contribution in [0.5, 0.6) is 0 Å². The van der Waals surface area contributed by atoms with Gasteiger partial charge in [-0.15, -0.1) is 0 Å². The van der Waals surface area contributed by atoms with Crippen molar-refractivity contribution in [2.45, 2.75) is 45.3 Å². The normalized spacial score (nSPS) is 20.7. The van der Waals surface area contributed by atoms with Gasteiger partial charge in [-0.1, -0.05) is 0 Å². The molecule has 2 rings (SSSR count). The van der Waals surface area contributed by atoms with E-state index in [1.807, 2.05) is 25.5 Å². The quantitative estimate of drug-likeness (QED) is 0.814. The molecule has 1 aliphatic rings. The topological polar surface area (TPSA) is 56.1 Å². The molecule has 1 fully saturated rings. The summed E-state index contributed by atoms with van der Waals surface area (Å²) in [6.07, 6.45) is 5.61. The summed E-state index contributed by atoms with van der Waals surface area (Å²) in [6, 6.07) is 0.343. The van der Waals surface area contributed by atoms with Crippen LogP contribution in [0.25, 0.3) is 0 Å². The molecule has 1 aromatic rings. The lowest BCUT2D eigenvalue weighted by Crippen LogP contribution is -2.31. The van der Waals surface area contributed by atoms with Crippen LogP contribution >= 0.6 is 0 Å². The fourth-order valence-electron chi connectivity index (χ4n) is 2.04. The van der Waals surface area contributed by atoms with Gasteiger partial charge in [0.1, 0.15) is 5.60 Å². The third-order valence-electron chi connectivity index (χ3n) is 2.88. The second-order valence-electron chi connectivity index (χ2n) is 5.71. The number of aromatic nitrogens is 2. The van der Waals surface area contributed by atoms with Gasteiger partial charge in [-0.2, -0.15) is 5.10 Å². The van der Waals surface area contributed by atoms with Crippen molar-refractivity contribution in [3.05, 3.63) is 18.0 Å². The Morgan fingerprint density at radius 2 is 2.33 bits per heavy atom. The number of ether oxygens (including phenoxy) is 1. The van der Waals surface area contributed by atoms with E-state index in [2.05, 4.69) is 10.4 Å². The first-order valence-electron chi connectivity index (χ1n) is 6.44. The fourth-order valence-corrected chi connectivity index (χ4v) is 2.04. The molecule has 5 nitrogen and oxygen atoms in total. The van der Waals surface area contributed by atoms with Crippen molar-refractivity contribution in [3.8, 4) is 0 Å². The maximum atomic E-state index is 11.9. The first-order chi connectivity index (χ1) is 8.46. The summed E-state index contributed by atoms with van der Waals surface area (Å²) in [5.74, 6) is -0.308. The molecular formula is C13H21N3O2. The highest BCUT2D eigenvalue weighted by Gasteiger charge is 2.21. The first kappa shape index (κ1) is 13.1. The van der Waals surface area contributed by atoms with E-state index in [0.29, 0.717) is 11.6 Å². The van der Waals surface area contributed by atoms with Crippen LogP contribution in [0.1, 0.15) is 50.0 Å². The summed E-state index contributed by atoms with van der Waals surface area (Å²) < 4.78 is 7.18. The van der Waals surface area contributed by atoms with Gasteiger partial charge in [-0.05, 0) is 40.2 Å². The first-order valence-corrected chi connectivity index (χ1v) is 6.44. The lowest BCUT2D eigenvalue weighted by atomic mass is 10.1. The Morgan fingerprint density at radius 3 is 2.94 bits per heavy atom. The predicted molar refractivity (Wildman–Crippen MR) is 68.5 cm³/mol. The summed E-state index contributed by atoms with van der Waals surface area (Å²) in [7, 11) is 0. The van der Waals surface area contributed by atoms with Gasteiger partial charge in [-0.25, -0.2) is 4.79 Å². The SMILES string of the molecule is CC(C)(C)OC(=O)c1cnn([C@H]2CCCNC2)c1. The minimum Gasteiger partial charge on any atom is -0.456 e. The zero-order chi connectivity index (χ0) is 13.2. The monoisotopic (exact) mass is 251 g/mol. The van der Waals surface area contributed by atoms with E-state index in [1.165, 1.54) is 0 Å². The minimum atomic E-state index is -0.467. The number of hydrogen-bond donors (Lipinski definition) is 1. The van der Waals surface area contributed by atoms with Crippen LogP contribution in [0, 0.1) is 0 Å². The van der Waals surface area contributed by atoms with Crippen LogP contribution in [0.4, 0.5) is 0 Å². The minimum absolute atomic E-state index is 0.308. The van der Waals surface area contributed by atoms with Crippen molar-refractivity contribution in [1.29, 1.82) is 0 Å². The van der Waals surface area contributed by atoms with Crippen LogP contribution < -0.4 is 5.32 Å². The van der Waals surface area contributed by atoms with Crippen molar-refractivity contribution >= 4 is 5.97 Å². The van der Waals surface area contributed by atoms with Crippen LogP contribution in [-0.2, 0) is 4.74 Å². The Kier molecular flexibility index (Phi) is 3.71. The summed E-state index contributed by atoms with van der Waals surface area (Å²) in [4.78, 5) is 11.9. The van der Waals surface area contributed by atoms with Gasteiger partial charge in [0.25, 0.3) is 0 Å². The number of piperidine rings is 1. The van der Waals surface area contributed by atoms with E-state index in [4.69, 9.17) is 4.74 Å². The molecule has 1 aliphatic heterocycles. The number of carbonyl (C=O) groups is 1. The van der Waals surface area contributed by atoms with Gasteiger partial charge < -0.3 is 10.1 Å². The highest BCUT2D eigenvalue weighted by Crippen LogP contribution is 2.17. The lowest BCUT2D eigenvalue weighted by Gasteiger charge is -2.23. The van der Waals surface area contributed by atoms with Crippen LogP contribution in [0.15, 0.2) is 12.4 Å². The Balaban J connectivity index is 2.03. The second-order valence-corrected chi connectivity index (χ2v) is 5.71. The maximum absolute atomic E-state index is 11.9. The van der Waals surface area contributed by atoms with Crippen LogP contribution in [-0.4, -0.2) is 34.4 Å². The van der Waals surface area contributed by atoms with Crippen molar-refractivity contribution in [2.75, 3.05) is 13.1 Å². The Bertz CT molecular complexity index is 414. The van der Waals surface area contributed by atoms with Crippen molar-refractivity contribution in [1.82, 2.24) is 15.1 Å². The number of hydrogen-bond acceptors (Lipinski definition) is 4. The van der Waals surface area contributed by atoms with Gasteiger partial charge in [0.2, 0.25) is 0 Å². The standard InChI is InChI=1S/C13H21N3O2/c1-13(2,3)18-12(17)10-7-15-16(9-10)11-5-4-6-14-8-11/h7,9,11,14H,4-6,8H2,1-3H3/t11-/m0/s1. The molecule has 0 radical (unpaired) electrons.